The molecule has 94 valence electrons. The van der Waals surface area contributed by atoms with E-state index in [-0.39, 0.29) is 5.56 Å². The van der Waals surface area contributed by atoms with E-state index in [9.17, 15) is 13.2 Å². The highest BCUT2D eigenvalue weighted by Gasteiger charge is 2.20. The Kier molecular flexibility index (Phi) is 3.34. The molecule has 5 heteroatoms. The van der Waals surface area contributed by atoms with Crippen molar-refractivity contribution in [2.24, 2.45) is 5.73 Å². The van der Waals surface area contributed by atoms with Gasteiger partial charge in [0.15, 0.2) is 17.5 Å². The highest BCUT2D eigenvalue weighted by Crippen LogP contribution is 2.24. The van der Waals surface area contributed by atoms with Crippen LogP contribution in [0.1, 0.15) is 23.0 Å². The summed E-state index contributed by atoms with van der Waals surface area (Å²) in [5.74, 6) is -4.03. The summed E-state index contributed by atoms with van der Waals surface area (Å²) in [7, 11) is 0. The van der Waals surface area contributed by atoms with Gasteiger partial charge in [0.25, 0.3) is 0 Å². The fourth-order valence-corrected chi connectivity index (χ4v) is 1.68. The second-order valence-corrected chi connectivity index (χ2v) is 3.95. The standard InChI is InChI=1S/C13H11F3N2/c1-7-3-2-4-10(18-7)13(17)8-5-6-9(14)12(16)11(8)15/h2-6,13H,17H2,1H3. The van der Waals surface area contributed by atoms with Gasteiger partial charge in [0.2, 0.25) is 0 Å². The molecule has 0 aliphatic heterocycles. The van der Waals surface area contributed by atoms with Crippen LogP contribution in [-0.4, -0.2) is 4.98 Å². The Morgan fingerprint density at radius 2 is 1.78 bits per heavy atom. The van der Waals surface area contributed by atoms with Gasteiger partial charge in [-0.3, -0.25) is 4.98 Å². The zero-order valence-electron chi connectivity index (χ0n) is 9.62. The average molecular weight is 252 g/mol. The van der Waals surface area contributed by atoms with E-state index in [2.05, 4.69) is 4.98 Å². The van der Waals surface area contributed by atoms with Crippen molar-refractivity contribution in [3.63, 3.8) is 0 Å². The zero-order chi connectivity index (χ0) is 13.3. The number of hydrogen-bond acceptors (Lipinski definition) is 2. The molecule has 0 amide bonds. The number of nitrogens with two attached hydrogens (primary N) is 1. The van der Waals surface area contributed by atoms with Gasteiger partial charge in [0, 0.05) is 11.3 Å². The molecule has 1 heterocycles. The topological polar surface area (TPSA) is 38.9 Å². The van der Waals surface area contributed by atoms with E-state index >= 15 is 0 Å². The van der Waals surface area contributed by atoms with Gasteiger partial charge in [-0.15, -0.1) is 0 Å². The molecule has 2 N–H and O–H groups in total. The highest BCUT2D eigenvalue weighted by atomic mass is 19.2. The van der Waals surface area contributed by atoms with Crippen LogP contribution in [0, 0.1) is 24.4 Å². The molecule has 0 saturated carbocycles. The minimum atomic E-state index is -1.52. The molecule has 0 bridgehead atoms. The number of pyridine rings is 1. The van der Waals surface area contributed by atoms with Gasteiger partial charge in [0.1, 0.15) is 0 Å². The molecule has 0 fully saturated rings. The molecule has 2 aromatic rings. The van der Waals surface area contributed by atoms with E-state index in [0.717, 1.165) is 12.1 Å². The lowest BCUT2D eigenvalue weighted by Crippen LogP contribution is -2.16. The van der Waals surface area contributed by atoms with Crippen molar-refractivity contribution >= 4 is 0 Å². The predicted molar refractivity (Wildman–Crippen MR) is 61.3 cm³/mol. The first-order valence-corrected chi connectivity index (χ1v) is 5.33. The zero-order valence-corrected chi connectivity index (χ0v) is 9.62. The molecular formula is C13H11F3N2. The van der Waals surface area contributed by atoms with Crippen molar-refractivity contribution in [1.29, 1.82) is 0 Å². The van der Waals surface area contributed by atoms with E-state index in [1.165, 1.54) is 0 Å². The molecular weight excluding hydrogens is 241 g/mol. The monoisotopic (exact) mass is 252 g/mol. The molecule has 0 radical (unpaired) electrons. The van der Waals surface area contributed by atoms with Crippen molar-refractivity contribution in [2.75, 3.05) is 0 Å². The van der Waals surface area contributed by atoms with Crippen LogP contribution in [-0.2, 0) is 0 Å². The van der Waals surface area contributed by atoms with Crippen LogP contribution in [0.15, 0.2) is 30.3 Å². The largest absolute Gasteiger partial charge is 0.319 e. The Hall–Kier alpha value is -1.88. The summed E-state index contributed by atoms with van der Waals surface area (Å²) in [6, 6.07) is 6.14. The van der Waals surface area contributed by atoms with Gasteiger partial charge >= 0.3 is 0 Å². The summed E-state index contributed by atoms with van der Waals surface area (Å²) in [5.41, 5.74) is 6.81. The molecule has 1 aromatic heterocycles. The van der Waals surface area contributed by atoms with Crippen molar-refractivity contribution < 1.29 is 13.2 Å². The number of aromatic nitrogens is 1. The van der Waals surface area contributed by atoms with Gasteiger partial charge < -0.3 is 5.73 Å². The maximum absolute atomic E-state index is 13.6. The van der Waals surface area contributed by atoms with Gasteiger partial charge in [-0.05, 0) is 25.1 Å². The quantitative estimate of drug-likeness (QED) is 0.835. The van der Waals surface area contributed by atoms with E-state index in [1.54, 1.807) is 25.1 Å². The first-order valence-electron chi connectivity index (χ1n) is 5.33. The lowest BCUT2D eigenvalue weighted by atomic mass is 10.0. The second-order valence-electron chi connectivity index (χ2n) is 3.95. The van der Waals surface area contributed by atoms with Crippen LogP contribution in [0.4, 0.5) is 13.2 Å². The van der Waals surface area contributed by atoms with Gasteiger partial charge in [-0.2, -0.15) is 0 Å². The van der Waals surface area contributed by atoms with Gasteiger partial charge in [0.05, 0.1) is 11.7 Å². The lowest BCUT2D eigenvalue weighted by Gasteiger charge is -2.13. The smallest absolute Gasteiger partial charge is 0.194 e. The van der Waals surface area contributed by atoms with Crippen molar-refractivity contribution in [3.8, 4) is 0 Å². The van der Waals surface area contributed by atoms with Crippen LogP contribution >= 0.6 is 0 Å². The number of aryl methyl sites for hydroxylation is 1. The first kappa shape index (κ1) is 12.6. The Balaban J connectivity index is 2.46. The molecule has 0 saturated heterocycles. The van der Waals surface area contributed by atoms with E-state index in [0.29, 0.717) is 11.4 Å². The summed E-state index contributed by atoms with van der Waals surface area (Å²) in [5, 5.41) is 0. The normalized spacial score (nSPS) is 12.5. The third-order valence-corrected chi connectivity index (χ3v) is 2.63. The third kappa shape index (κ3) is 2.22. The molecule has 0 aliphatic carbocycles. The number of nitrogens with zero attached hydrogens (tertiary/aromatic N) is 1. The molecule has 2 rings (SSSR count). The van der Waals surface area contributed by atoms with E-state index in [4.69, 9.17) is 5.73 Å². The summed E-state index contributed by atoms with van der Waals surface area (Å²) in [6.45, 7) is 1.76. The van der Waals surface area contributed by atoms with Crippen molar-refractivity contribution in [2.45, 2.75) is 13.0 Å². The van der Waals surface area contributed by atoms with Crippen molar-refractivity contribution in [1.82, 2.24) is 4.98 Å². The van der Waals surface area contributed by atoms with Gasteiger partial charge in [-0.25, -0.2) is 13.2 Å². The Labute approximate surface area is 102 Å². The SMILES string of the molecule is Cc1cccc(C(N)c2ccc(F)c(F)c2F)n1. The molecule has 1 unspecified atom stereocenters. The number of benzene rings is 1. The fourth-order valence-electron chi connectivity index (χ4n) is 1.68. The first-order chi connectivity index (χ1) is 8.50. The molecule has 1 atom stereocenters. The van der Waals surface area contributed by atoms with Crippen LogP contribution < -0.4 is 5.73 Å². The summed E-state index contributed by atoms with van der Waals surface area (Å²) < 4.78 is 39.5. The third-order valence-electron chi connectivity index (χ3n) is 2.63. The fraction of sp³-hybridized carbons (Fsp3) is 0.154. The minimum Gasteiger partial charge on any atom is -0.319 e. The van der Waals surface area contributed by atoms with Crippen LogP contribution in [0.3, 0.4) is 0 Å². The minimum absolute atomic E-state index is 0.119. The number of hydrogen-bond donors (Lipinski definition) is 1. The Morgan fingerprint density at radius 3 is 2.44 bits per heavy atom. The molecule has 2 nitrogen and oxygen atoms in total. The van der Waals surface area contributed by atoms with E-state index < -0.39 is 23.5 Å². The predicted octanol–water partition coefficient (Wildman–Crippen LogP) is 2.86. The molecule has 0 spiro atoms. The molecule has 18 heavy (non-hydrogen) atoms. The lowest BCUT2D eigenvalue weighted by molar-refractivity contribution is 0.438. The summed E-state index contributed by atoms with van der Waals surface area (Å²) in [4.78, 5) is 4.13. The average Bonchev–Trinajstić information content (AvgIpc) is 2.35. The van der Waals surface area contributed by atoms with Gasteiger partial charge in [-0.1, -0.05) is 12.1 Å². The van der Waals surface area contributed by atoms with Crippen LogP contribution in [0.2, 0.25) is 0 Å². The molecule has 1 aromatic carbocycles. The summed E-state index contributed by atoms with van der Waals surface area (Å²) in [6.07, 6.45) is 0. The highest BCUT2D eigenvalue weighted by molar-refractivity contribution is 5.30. The van der Waals surface area contributed by atoms with Crippen LogP contribution in [0.25, 0.3) is 0 Å². The summed E-state index contributed by atoms with van der Waals surface area (Å²) >= 11 is 0. The Bertz CT molecular complexity index is 584. The molecule has 0 aliphatic rings. The van der Waals surface area contributed by atoms with Crippen LogP contribution in [0.5, 0.6) is 0 Å². The van der Waals surface area contributed by atoms with Crippen molar-refractivity contribution in [3.05, 3.63) is 64.7 Å². The Morgan fingerprint density at radius 1 is 1.06 bits per heavy atom. The maximum Gasteiger partial charge on any atom is 0.194 e. The van der Waals surface area contributed by atoms with E-state index in [1.807, 2.05) is 0 Å². The number of rotatable bonds is 2. The second kappa shape index (κ2) is 4.78. The number of halogens is 3. The maximum atomic E-state index is 13.6.